The predicted molar refractivity (Wildman–Crippen MR) is 133 cm³/mol. The summed E-state index contributed by atoms with van der Waals surface area (Å²) in [6.07, 6.45) is 1.04. The average Bonchev–Trinajstić information content (AvgIpc) is 3.26. The third-order valence-electron chi connectivity index (χ3n) is 4.66. The summed E-state index contributed by atoms with van der Waals surface area (Å²) in [4.78, 5) is 8.25. The number of alkyl halides is 3. The highest BCUT2D eigenvalue weighted by molar-refractivity contribution is 14.0. The van der Waals surface area contributed by atoms with Crippen molar-refractivity contribution in [1.82, 2.24) is 20.2 Å². The van der Waals surface area contributed by atoms with Crippen molar-refractivity contribution in [3.05, 3.63) is 83.4 Å². The summed E-state index contributed by atoms with van der Waals surface area (Å²) in [5, 5.41) is 6.36. The van der Waals surface area contributed by atoms with E-state index in [4.69, 9.17) is 4.74 Å². The Kier molecular flexibility index (Phi) is 10.0. The van der Waals surface area contributed by atoms with Gasteiger partial charge in [0, 0.05) is 44.6 Å². The second kappa shape index (κ2) is 12.5. The molecule has 178 valence electrons. The SMILES string of the molecule is CN=C(NCc1cccc(Cn2ccnc2)c1)NCc1ccc(C)cc1OCC(F)(F)F.I. The van der Waals surface area contributed by atoms with Crippen molar-refractivity contribution >= 4 is 29.9 Å². The summed E-state index contributed by atoms with van der Waals surface area (Å²) >= 11 is 0. The summed E-state index contributed by atoms with van der Waals surface area (Å²) in [5.41, 5.74) is 3.67. The molecule has 0 fully saturated rings. The fourth-order valence-electron chi connectivity index (χ4n) is 3.12. The number of aryl methyl sites for hydroxylation is 1. The van der Waals surface area contributed by atoms with E-state index in [0.29, 0.717) is 18.1 Å². The van der Waals surface area contributed by atoms with Gasteiger partial charge in [-0.2, -0.15) is 13.2 Å². The first kappa shape index (κ1) is 26.5. The maximum atomic E-state index is 12.6. The first-order valence-corrected chi connectivity index (χ1v) is 10.1. The van der Waals surface area contributed by atoms with Gasteiger partial charge in [-0.25, -0.2) is 4.98 Å². The Balaban J connectivity index is 0.00000385. The Morgan fingerprint density at radius 3 is 2.55 bits per heavy atom. The molecule has 1 aromatic heterocycles. The Hall–Kier alpha value is -2.76. The predicted octanol–water partition coefficient (Wildman–Crippen LogP) is 4.66. The number of rotatable bonds is 8. The lowest BCUT2D eigenvalue weighted by Crippen LogP contribution is -2.36. The molecule has 0 aliphatic heterocycles. The molecule has 33 heavy (non-hydrogen) atoms. The number of aromatic nitrogens is 2. The first-order valence-electron chi connectivity index (χ1n) is 10.1. The zero-order chi connectivity index (χ0) is 23.0. The molecule has 0 bridgehead atoms. The minimum atomic E-state index is -4.39. The van der Waals surface area contributed by atoms with Crippen molar-refractivity contribution in [3.63, 3.8) is 0 Å². The van der Waals surface area contributed by atoms with Gasteiger partial charge < -0.3 is 19.9 Å². The quantitative estimate of drug-likeness (QED) is 0.234. The van der Waals surface area contributed by atoms with Gasteiger partial charge in [-0.1, -0.05) is 36.4 Å². The molecule has 1 heterocycles. The third kappa shape index (κ3) is 8.95. The van der Waals surface area contributed by atoms with E-state index in [1.807, 2.05) is 29.0 Å². The van der Waals surface area contributed by atoms with Crippen LogP contribution in [0.25, 0.3) is 0 Å². The Bertz CT molecular complexity index is 1040. The number of nitrogens with zero attached hydrogens (tertiary/aromatic N) is 3. The molecule has 0 unspecified atom stereocenters. The minimum Gasteiger partial charge on any atom is -0.484 e. The lowest BCUT2D eigenvalue weighted by Gasteiger charge is -2.16. The molecule has 0 atom stereocenters. The van der Waals surface area contributed by atoms with Crippen molar-refractivity contribution in [2.75, 3.05) is 13.7 Å². The number of hydrogen-bond acceptors (Lipinski definition) is 3. The minimum absolute atomic E-state index is 0. The van der Waals surface area contributed by atoms with Crippen LogP contribution in [-0.2, 0) is 19.6 Å². The lowest BCUT2D eigenvalue weighted by molar-refractivity contribution is -0.153. The van der Waals surface area contributed by atoms with Gasteiger partial charge in [0.15, 0.2) is 12.6 Å². The number of nitrogens with one attached hydrogen (secondary N) is 2. The Morgan fingerprint density at radius 2 is 1.85 bits per heavy atom. The molecule has 2 aromatic carbocycles. The van der Waals surface area contributed by atoms with Crippen molar-refractivity contribution < 1.29 is 17.9 Å². The largest absolute Gasteiger partial charge is 0.484 e. The standard InChI is InChI=1S/C23H26F3N5O.HI/c1-17-6-7-20(21(10-17)32-15-23(24,25)26)13-30-22(27-2)29-12-18-4-3-5-19(11-18)14-31-9-8-28-16-31;/h3-11,16H,12-15H2,1-2H3,(H2,27,29,30);1H. The number of aliphatic imine (C=N–C) groups is 1. The highest BCUT2D eigenvalue weighted by Gasteiger charge is 2.28. The second-order valence-electron chi connectivity index (χ2n) is 7.35. The topological polar surface area (TPSA) is 63.5 Å². The molecule has 2 N–H and O–H groups in total. The summed E-state index contributed by atoms with van der Waals surface area (Å²) in [7, 11) is 1.64. The fourth-order valence-corrected chi connectivity index (χ4v) is 3.12. The van der Waals surface area contributed by atoms with Gasteiger partial charge in [-0.3, -0.25) is 4.99 Å². The molecule has 3 rings (SSSR count). The number of halogens is 4. The van der Waals surface area contributed by atoms with Crippen LogP contribution in [0.2, 0.25) is 0 Å². The molecule has 10 heteroatoms. The normalized spacial score (nSPS) is 11.6. The lowest BCUT2D eigenvalue weighted by atomic mass is 10.1. The first-order chi connectivity index (χ1) is 15.3. The molecular formula is C23H27F3IN5O. The number of hydrogen-bond donors (Lipinski definition) is 2. The molecule has 0 amide bonds. The van der Waals surface area contributed by atoms with Crippen LogP contribution in [0.5, 0.6) is 5.75 Å². The van der Waals surface area contributed by atoms with Gasteiger partial charge >= 0.3 is 6.18 Å². The van der Waals surface area contributed by atoms with Crippen LogP contribution < -0.4 is 15.4 Å². The summed E-state index contributed by atoms with van der Waals surface area (Å²) < 4.78 is 44.7. The number of benzene rings is 2. The van der Waals surface area contributed by atoms with Crippen molar-refractivity contribution in [2.45, 2.75) is 32.7 Å². The number of imidazole rings is 1. The van der Waals surface area contributed by atoms with Crippen LogP contribution in [0.4, 0.5) is 13.2 Å². The Morgan fingerprint density at radius 1 is 1.09 bits per heavy atom. The monoisotopic (exact) mass is 573 g/mol. The van der Waals surface area contributed by atoms with Crippen molar-refractivity contribution in [1.29, 1.82) is 0 Å². The van der Waals surface area contributed by atoms with Crippen LogP contribution in [0.15, 0.2) is 66.2 Å². The number of ether oxygens (including phenoxy) is 1. The van der Waals surface area contributed by atoms with E-state index in [9.17, 15) is 13.2 Å². The molecule has 0 saturated carbocycles. The molecule has 0 aliphatic rings. The molecule has 0 aliphatic carbocycles. The zero-order valence-corrected chi connectivity index (χ0v) is 20.7. The van der Waals surface area contributed by atoms with Crippen LogP contribution >= 0.6 is 24.0 Å². The van der Waals surface area contributed by atoms with E-state index in [2.05, 4.69) is 32.7 Å². The van der Waals surface area contributed by atoms with Crippen molar-refractivity contribution in [3.8, 4) is 5.75 Å². The molecular weight excluding hydrogens is 546 g/mol. The van der Waals surface area contributed by atoms with Gasteiger partial charge in [0.1, 0.15) is 5.75 Å². The second-order valence-corrected chi connectivity index (χ2v) is 7.35. The van der Waals surface area contributed by atoms with Gasteiger partial charge in [0.2, 0.25) is 0 Å². The van der Waals surface area contributed by atoms with E-state index in [1.54, 1.807) is 38.6 Å². The van der Waals surface area contributed by atoms with Crippen LogP contribution in [0.1, 0.15) is 22.3 Å². The molecule has 0 saturated heterocycles. The fraction of sp³-hybridized carbons (Fsp3) is 0.304. The van der Waals surface area contributed by atoms with E-state index < -0.39 is 12.8 Å². The highest BCUT2D eigenvalue weighted by atomic mass is 127. The maximum Gasteiger partial charge on any atom is 0.422 e. The van der Waals surface area contributed by atoms with Gasteiger partial charge in [0.05, 0.1) is 6.33 Å². The summed E-state index contributed by atoms with van der Waals surface area (Å²) in [6.45, 7) is 2.02. The van der Waals surface area contributed by atoms with Gasteiger partial charge in [-0.15, -0.1) is 24.0 Å². The number of guanidine groups is 1. The van der Waals surface area contributed by atoms with E-state index in [0.717, 1.165) is 23.2 Å². The van der Waals surface area contributed by atoms with Crippen molar-refractivity contribution in [2.24, 2.45) is 4.99 Å². The molecule has 0 radical (unpaired) electrons. The summed E-state index contributed by atoms with van der Waals surface area (Å²) in [5.74, 6) is 0.741. The summed E-state index contributed by atoms with van der Waals surface area (Å²) in [6, 6.07) is 13.3. The smallest absolute Gasteiger partial charge is 0.422 e. The van der Waals surface area contributed by atoms with Crippen LogP contribution in [0, 0.1) is 6.92 Å². The van der Waals surface area contributed by atoms with Gasteiger partial charge in [-0.05, 0) is 29.7 Å². The third-order valence-corrected chi connectivity index (χ3v) is 4.66. The van der Waals surface area contributed by atoms with E-state index in [-0.39, 0.29) is 36.3 Å². The molecule has 6 nitrogen and oxygen atoms in total. The van der Waals surface area contributed by atoms with Gasteiger partial charge in [0.25, 0.3) is 0 Å². The Labute approximate surface area is 208 Å². The van der Waals surface area contributed by atoms with E-state index in [1.165, 1.54) is 0 Å². The average molecular weight is 573 g/mol. The molecule has 3 aromatic rings. The highest BCUT2D eigenvalue weighted by Crippen LogP contribution is 2.23. The zero-order valence-electron chi connectivity index (χ0n) is 18.4. The maximum absolute atomic E-state index is 12.6. The van der Waals surface area contributed by atoms with Crippen LogP contribution in [0.3, 0.4) is 0 Å². The molecule has 0 spiro atoms. The van der Waals surface area contributed by atoms with E-state index >= 15 is 0 Å². The van der Waals surface area contributed by atoms with Crippen LogP contribution in [-0.4, -0.2) is 35.3 Å².